The van der Waals surface area contributed by atoms with Gasteiger partial charge in [-0.1, -0.05) is 54.6 Å². The lowest BCUT2D eigenvalue weighted by atomic mass is 10.0. The van der Waals surface area contributed by atoms with Crippen LogP contribution in [0.1, 0.15) is 11.8 Å². The van der Waals surface area contributed by atoms with Crippen LogP contribution >= 0.6 is 0 Å². The molecule has 230 valence electrons. The SMILES string of the molecule is CN(C)C/C=C/C(=O)Nc1cccc(C(O)Nc2ccc(Nc3nccc(-c4c(-c5ccccc5)nn5ccccc45)n3)cc2)c1. The minimum atomic E-state index is -0.982. The van der Waals surface area contributed by atoms with Gasteiger partial charge in [-0.3, -0.25) is 4.79 Å². The number of aromatic nitrogens is 4. The zero-order valence-corrected chi connectivity index (χ0v) is 25.5. The van der Waals surface area contributed by atoms with Gasteiger partial charge in [-0.2, -0.15) is 5.10 Å². The molecule has 3 aromatic carbocycles. The van der Waals surface area contributed by atoms with E-state index >= 15 is 0 Å². The molecule has 0 fully saturated rings. The number of likely N-dealkylation sites (N-methyl/N-ethyl adjacent to an activating group) is 1. The second-order valence-corrected chi connectivity index (χ2v) is 10.9. The number of pyridine rings is 1. The molecule has 0 aliphatic heterocycles. The van der Waals surface area contributed by atoms with E-state index in [0.717, 1.165) is 33.7 Å². The molecule has 0 radical (unpaired) electrons. The van der Waals surface area contributed by atoms with Gasteiger partial charge in [0, 0.05) is 53.2 Å². The summed E-state index contributed by atoms with van der Waals surface area (Å²) >= 11 is 0. The van der Waals surface area contributed by atoms with Crippen LogP contribution in [0.5, 0.6) is 0 Å². The Bertz CT molecular complexity index is 1970. The van der Waals surface area contributed by atoms with Gasteiger partial charge in [0.2, 0.25) is 11.9 Å². The molecule has 3 heterocycles. The van der Waals surface area contributed by atoms with E-state index in [1.807, 2.05) is 109 Å². The van der Waals surface area contributed by atoms with E-state index < -0.39 is 6.23 Å². The Kier molecular flexibility index (Phi) is 9.09. The molecule has 0 aliphatic carbocycles. The summed E-state index contributed by atoms with van der Waals surface area (Å²) in [7, 11) is 3.87. The molecule has 46 heavy (non-hydrogen) atoms. The molecule has 10 nitrogen and oxygen atoms in total. The van der Waals surface area contributed by atoms with Gasteiger partial charge in [-0.25, -0.2) is 14.5 Å². The second-order valence-electron chi connectivity index (χ2n) is 10.9. The van der Waals surface area contributed by atoms with Crippen LogP contribution in [0.2, 0.25) is 0 Å². The van der Waals surface area contributed by atoms with E-state index in [4.69, 9.17) is 10.1 Å². The van der Waals surface area contributed by atoms with Crippen LogP contribution < -0.4 is 16.0 Å². The number of fused-ring (bicyclic) bond motifs is 1. The molecule has 1 amide bonds. The summed E-state index contributed by atoms with van der Waals surface area (Å²) in [5, 5.41) is 24.9. The molecule has 1 unspecified atom stereocenters. The average molecular weight is 611 g/mol. The Hall–Kier alpha value is -5.84. The van der Waals surface area contributed by atoms with Gasteiger partial charge in [0.1, 0.15) is 5.69 Å². The van der Waals surface area contributed by atoms with E-state index in [0.29, 0.717) is 29.4 Å². The predicted molar refractivity (Wildman–Crippen MR) is 183 cm³/mol. The third kappa shape index (κ3) is 7.27. The first-order valence-corrected chi connectivity index (χ1v) is 14.8. The number of carbonyl (C=O) groups excluding carboxylic acids is 1. The number of rotatable bonds is 11. The number of amides is 1. The predicted octanol–water partition coefficient (Wildman–Crippen LogP) is 6.36. The number of benzene rings is 3. The number of hydrogen-bond acceptors (Lipinski definition) is 8. The van der Waals surface area contributed by atoms with Gasteiger partial charge >= 0.3 is 0 Å². The van der Waals surface area contributed by atoms with Crippen molar-refractivity contribution in [1.82, 2.24) is 24.5 Å². The maximum absolute atomic E-state index is 12.2. The van der Waals surface area contributed by atoms with E-state index in [2.05, 4.69) is 20.9 Å². The molecule has 3 aromatic heterocycles. The molecule has 0 spiro atoms. The Balaban J connectivity index is 1.14. The van der Waals surface area contributed by atoms with Gasteiger partial charge in [0.15, 0.2) is 6.23 Å². The smallest absolute Gasteiger partial charge is 0.248 e. The zero-order valence-electron chi connectivity index (χ0n) is 25.5. The van der Waals surface area contributed by atoms with Gasteiger partial charge in [-0.05, 0) is 68.7 Å². The number of aliphatic hydroxyl groups excluding tert-OH is 1. The average Bonchev–Trinajstić information content (AvgIpc) is 3.46. The van der Waals surface area contributed by atoms with E-state index in [1.165, 1.54) is 6.08 Å². The lowest BCUT2D eigenvalue weighted by Crippen LogP contribution is -2.13. The number of anilines is 4. The third-order valence-corrected chi connectivity index (χ3v) is 7.15. The van der Waals surface area contributed by atoms with E-state index in [1.54, 1.807) is 36.5 Å². The topological polar surface area (TPSA) is 120 Å². The number of nitrogens with zero attached hydrogens (tertiary/aromatic N) is 5. The molecule has 6 rings (SSSR count). The number of nitrogens with one attached hydrogen (secondary N) is 3. The molecule has 6 aromatic rings. The van der Waals surface area contributed by atoms with Crippen molar-refractivity contribution in [2.75, 3.05) is 36.6 Å². The van der Waals surface area contributed by atoms with E-state index in [-0.39, 0.29) is 5.91 Å². The largest absolute Gasteiger partial charge is 0.369 e. The highest BCUT2D eigenvalue weighted by molar-refractivity contribution is 5.99. The molecule has 0 saturated heterocycles. The van der Waals surface area contributed by atoms with Gasteiger partial charge in [0.25, 0.3) is 0 Å². The summed E-state index contributed by atoms with van der Waals surface area (Å²) in [4.78, 5) is 23.5. The van der Waals surface area contributed by atoms with Gasteiger partial charge in [0.05, 0.1) is 16.8 Å². The summed E-state index contributed by atoms with van der Waals surface area (Å²) in [5.41, 5.74) is 7.19. The maximum Gasteiger partial charge on any atom is 0.248 e. The van der Waals surface area contributed by atoms with Crippen molar-refractivity contribution in [2.24, 2.45) is 0 Å². The normalized spacial score (nSPS) is 12.0. The van der Waals surface area contributed by atoms with Crippen LogP contribution in [0.4, 0.5) is 23.0 Å². The Labute approximate surface area is 267 Å². The van der Waals surface area contributed by atoms with Crippen LogP contribution in [-0.4, -0.2) is 56.1 Å². The summed E-state index contributed by atoms with van der Waals surface area (Å²) in [6.07, 6.45) is 5.97. The molecule has 0 aliphatic rings. The van der Waals surface area contributed by atoms with Crippen LogP contribution in [0.25, 0.3) is 28.0 Å². The van der Waals surface area contributed by atoms with Crippen molar-refractivity contribution in [1.29, 1.82) is 0 Å². The highest BCUT2D eigenvalue weighted by atomic mass is 16.3. The van der Waals surface area contributed by atoms with Crippen LogP contribution in [-0.2, 0) is 4.79 Å². The minimum Gasteiger partial charge on any atom is -0.369 e. The van der Waals surface area contributed by atoms with Crippen molar-refractivity contribution in [3.05, 3.63) is 133 Å². The lowest BCUT2D eigenvalue weighted by Gasteiger charge is -2.16. The van der Waals surface area contributed by atoms with E-state index in [9.17, 15) is 9.90 Å². The second kappa shape index (κ2) is 13.9. The lowest BCUT2D eigenvalue weighted by molar-refractivity contribution is -0.111. The quantitative estimate of drug-likeness (QED) is 0.0988. The first-order valence-electron chi connectivity index (χ1n) is 14.8. The molecular formula is C36H34N8O2. The monoisotopic (exact) mass is 610 g/mol. The fourth-order valence-corrected chi connectivity index (χ4v) is 4.97. The maximum atomic E-state index is 12.2. The first kappa shape index (κ1) is 30.2. The number of carbonyl (C=O) groups is 1. The molecule has 0 bridgehead atoms. The summed E-state index contributed by atoms with van der Waals surface area (Å²) < 4.78 is 1.87. The third-order valence-electron chi connectivity index (χ3n) is 7.15. The van der Waals surface area contributed by atoms with Crippen LogP contribution in [0, 0.1) is 0 Å². The molecule has 1 atom stereocenters. The molecule has 0 saturated carbocycles. The van der Waals surface area contributed by atoms with Crippen molar-refractivity contribution >= 4 is 34.4 Å². The van der Waals surface area contributed by atoms with Crippen molar-refractivity contribution in [2.45, 2.75) is 6.23 Å². The minimum absolute atomic E-state index is 0.227. The first-order chi connectivity index (χ1) is 22.4. The highest BCUT2D eigenvalue weighted by Gasteiger charge is 2.18. The Morgan fingerprint density at radius 1 is 0.913 bits per heavy atom. The molecule has 4 N–H and O–H groups in total. The Morgan fingerprint density at radius 2 is 1.70 bits per heavy atom. The van der Waals surface area contributed by atoms with Gasteiger partial charge < -0.3 is 26.0 Å². The number of hydrogen-bond donors (Lipinski definition) is 4. The number of aliphatic hydroxyl groups is 1. The van der Waals surface area contributed by atoms with Crippen molar-refractivity contribution in [3.63, 3.8) is 0 Å². The fraction of sp³-hybridized carbons (Fsp3) is 0.111. The summed E-state index contributed by atoms with van der Waals surface area (Å²) in [6, 6.07) is 32.5. The van der Waals surface area contributed by atoms with Crippen molar-refractivity contribution < 1.29 is 9.90 Å². The van der Waals surface area contributed by atoms with Crippen LogP contribution in [0.3, 0.4) is 0 Å². The van der Waals surface area contributed by atoms with Crippen molar-refractivity contribution in [3.8, 4) is 22.5 Å². The fourth-order valence-electron chi connectivity index (χ4n) is 4.97. The molecular weight excluding hydrogens is 576 g/mol. The summed E-state index contributed by atoms with van der Waals surface area (Å²) in [5.74, 6) is 0.220. The summed E-state index contributed by atoms with van der Waals surface area (Å²) in [6.45, 7) is 0.669. The zero-order chi connectivity index (χ0) is 31.9. The van der Waals surface area contributed by atoms with Crippen LogP contribution in [0.15, 0.2) is 128 Å². The Morgan fingerprint density at radius 3 is 2.50 bits per heavy atom. The van der Waals surface area contributed by atoms with Gasteiger partial charge in [-0.15, -0.1) is 0 Å². The standard InChI is InChI=1S/C36H34N8O2/c1-43(2)22-9-15-32(45)38-29-13-8-12-26(24-29)35(46)39-27-16-18-28(19-17-27)40-36-37-21-20-30(41-36)33-31-14-6-7-23-44(31)42-34(33)25-10-4-3-5-11-25/h3-21,23-24,35,39,46H,22H2,1-2H3,(H,38,45)(H,37,40,41)/b15-9+. The highest BCUT2D eigenvalue weighted by Crippen LogP contribution is 2.34. The molecule has 10 heteroatoms.